The van der Waals surface area contributed by atoms with E-state index in [1.54, 1.807) is 42.0 Å². The van der Waals surface area contributed by atoms with E-state index in [9.17, 15) is 4.79 Å². The highest BCUT2D eigenvalue weighted by molar-refractivity contribution is 7.98. The number of aromatic nitrogens is 1. The van der Waals surface area contributed by atoms with Gasteiger partial charge in [0.05, 0.1) is 0 Å². The van der Waals surface area contributed by atoms with Crippen molar-refractivity contribution in [2.24, 2.45) is 0 Å². The highest BCUT2D eigenvalue weighted by atomic mass is 32.2. The molecule has 0 fully saturated rings. The number of carbonyl (C=O) groups is 1. The number of anilines is 1. The van der Waals surface area contributed by atoms with Gasteiger partial charge in [-0.3, -0.25) is 4.79 Å². The van der Waals surface area contributed by atoms with Crippen LogP contribution < -0.4 is 5.32 Å². The Morgan fingerprint density at radius 3 is 2.94 bits per heavy atom. The van der Waals surface area contributed by atoms with E-state index in [2.05, 4.69) is 23.5 Å². The Morgan fingerprint density at radius 2 is 2.33 bits per heavy atom. The molecule has 0 aliphatic rings. The van der Waals surface area contributed by atoms with Gasteiger partial charge in [-0.2, -0.15) is 11.8 Å². The predicted molar refractivity (Wildman–Crippen MR) is 78.3 cm³/mol. The number of nitrogens with one attached hydrogen (secondary N) is 1. The molecule has 1 N–H and O–H groups in total. The van der Waals surface area contributed by atoms with Crippen molar-refractivity contribution in [2.75, 3.05) is 31.4 Å². The van der Waals surface area contributed by atoms with Gasteiger partial charge in [-0.1, -0.05) is 0 Å². The van der Waals surface area contributed by atoms with Crippen molar-refractivity contribution in [2.45, 2.75) is 19.4 Å². The second-order valence-corrected chi connectivity index (χ2v) is 5.21. The van der Waals surface area contributed by atoms with Gasteiger partial charge in [-0.25, -0.2) is 4.98 Å². The Balaban J connectivity index is 2.72. The first-order chi connectivity index (χ1) is 8.60. The fraction of sp³-hybridized carbons (Fsp3) is 0.538. The van der Waals surface area contributed by atoms with Crippen LogP contribution in [-0.4, -0.2) is 47.9 Å². The van der Waals surface area contributed by atoms with Gasteiger partial charge in [0.1, 0.15) is 5.82 Å². The largest absolute Gasteiger partial charge is 0.373 e. The van der Waals surface area contributed by atoms with Gasteiger partial charge in [0, 0.05) is 31.9 Å². The van der Waals surface area contributed by atoms with Gasteiger partial charge < -0.3 is 10.2 Å². The van der Waals surface area contributed by atoms with Crippen LogP contribution in [0.1, 0.15) is 23.7 Å². The molecule has 1 rings (SSSR count). The molecule has 1 atom stereocenters. The summed E-state index contributed by atoms with van der Waals surface area (Å²) in [5.41, 5.74) is 0.674. The number of carbonyl (C=O) groups excluding carboxylic acids is 1. The molecule has 0 spiro atoms. The minimum Gasteiger partial charge on any atom is -0.373 e. The second kappa shape index (κ2) is 7.26. The van der Waals surface area contributed by atoms with E-state index < -0.39 is 0 Å². The molecular weight excluding hydrogens is 246 g/mol. The van der Waals surface area contributed by atoms with E-state index in [1.807, 2.05) is 7.05 Å². The van der Waals surface area contributed by atoms with E-state index in [-0.39, 0.29) is 11.9 Å². The Kier molecular flexibility index (Phi) is 5.98. The fourth-order valence-corrected chi connectivity index (χ4v) is 2.16. The number of hydrogen-bond donors (Lipinski definition) is 1. The highest BCUT2D eigenvalue weighted by Crippen LogP contribution is 2.12. The Labute approximate surface area is 113 Å². The number of thioether (sulfide) groups is 1. The van der Waals surface area contributed by atoms with E-state index in [0.717, 1.165) is 12.2 Å². The van der Waals surface area contributed by atoms with Crippen LogP contribution in [0.25, 0.3) is 0 Å². The normalized spacial score (nSPS) is 12.0. The summed E-state index contributed by atoms with van der Waals surface area (Å²) in [6.07, 6.45) is 4.74. The number of pyridine rings is 1. The Bertz CT molecular complexity index is 398. The number of hydrogen-bond acceptors (Lipinski definition) is 4. The van der Waals surface area contributed by atoms with Crippen molar-refractivity contribution in [3.8, 4) is 0 Å². The molecule has 0 aliphatic heterocycles. The Morgan fingerprint density at radius 1 is 1.61 bits per heavy atom. The summed E-state index contributed by atoms with van der Waals surface area (Å²) in [7, 11) is 3.65. The Hall–Kier alpha value is -1.23. The lowest BCUT2D eigenvalue weighted by Gasteiger charge is -2.25. The summed E-state index contributed by atoms with van der Waals surface area (Å²) in [4.78, 5) is 18.2. The van der Waals surface area contributed by atoms with Crippen molar-refractivity contribution in [1.29, 1.82) is 0 Å². The quantitative estimate of drug-likeness (QED) is 0.859. The lowest BCUT2D eigenvalue weighted by Crippen LogP contribution is -2.35. The molecular formula is C13H21N3OS. The highest BCUT2D eigenvalue weighted by Gasteiger charge is 2.17. The molecule has 0 saturated heterocycles. The third kappa shape index (κ3) is 3.91. The van der Waals surface area contributed by atoms with Crippen LogP contribution >= 0.6 is 11.8 Å². The van der Waals surface area contributed by atoms with Crippen LogP contribution in [0, 0.1) is 0 Å². The molecule has 1 amide bonds. The average molecular weight is 267 g/mol. The monoisotopic (exact) mass is 267 g/mol. The van der Waals surface area contributed by atoms with E-state index in [0.29, 0.717) is 11.4 Å². The maximum atomic E-state index is 12.3. The SMILES string of the molecule is CNc1cc(C(=O)N(C)C(C)CCSC)ccn1. The lowest BCUT2D eigenvalue weighted by atomic mass is 10.2. The standard InChI is InChI=1S/C13H21N3OS/c1-10(6-8-18-4)16(3)13(17)11-5-7-15-12(9-11)14-2/h5,7,9-10H,6,8H2,1-4H3,(H,14,15). The first-order valence-electron chi connectivity index (χ1n) is 6.00. The lowest BCUT2D eigenvalue weighted by molar-refractivity contribution is 0.0741. The summed E-state index contributed by atoms with van der Waals surface area (Å²) < 4.78 is 0. The molecule has 0 aliphatic carbocycles. The predicted octanol–water partition coefficient (Wildman–Crippen LogP) is 2.34. The second-order valence-electron chi connectivity index (χ2n) is 4.23. The van der Waals surface area contributed by atoms with E-state index >= 15 is 0 Å². The van der Waals surface area contributed by atoms with Gasteiger partial charge >= 0.3 is 0 Å². The van der Waals surface area contributed by atoms with Crippen molar-refractivity contribution >= 4 is 23.5 Å². The summed E-state index contributed by atoms with van der Waals surface area (Å²) in [6, 6.07) is 3.78. The molecule has 0 radical (unpaired) electrons. The molecule has 5 heteroatoms. The molecule has 0 aromatic carbocycles. The van der Waals surface area contributed by atoms with Crippen LogP contribution in [0.5, 0.6) is 0 Å². The molecule has 18 heavy (non-hydrogen) atoms. The van der Waals surface area contributed by atoms with Gasteiger partial charge in [-0.15, -0.1) is 0 Å². The minimum absolute atomic E-state index is 0.0440. The van der Waals surface area contributed by atoms with Crippen LogP contribution in [0.15, 0.2) is 18.3 Å². The summed E-state index contributed by atoms with van der Waals surface area (Å²) in [6.45, 7) is 2.08. The van der Waals surface area contributed by atoms with E-state index in [1.165, 1.54) is 0 Å². The number of amides is 1. The molecule has 4 nitrogen and oxygen atoms in total. The third-order valence-electron chi connectivity index (χ3n) is 2.98. The van der Waals surface area contributed by atoms with Gasteiger partial charge in [0.2, 0.25) is 0 Å². The fourth-order valence-electron chi connectivity index (χ4n) is 1.59. The van der Waals surface area contributed by atoms with Gasteiger partial charge in [0.15, 0.2) is 0 Å². The first kappa shape index (κ1) is 14.8. The molecule has 1 aromatic rings. The van der Waals surface area contributed by atoms with Gasteiger partial charge in [-0.05, 0) is 37.5 Å². The average Bonchev–Trinajstić information content (AvgIpc) is 2.43. The first-order valence-corrected chi connectivity index (χ1v) is 7.39. The number of rotatable bonds is 6. The summed E-state index contributed by atoms with van der Waals surface area (Å²) in [5, 5.41) is 2.94. The molecule has 0 bridgehead atoms. The van der Waals surface area contributed by atoms with E-state index in [4.69, 9.17) is 0 Å². The topological polar surface area (TPSA) is 45.2 Å². The van der Waals surface area contributed by atoms with Crippen molar-refractivity contribution in [3.05, 3.63) is 23.9 Å². The molecule has 1 heterocycles. The zero-order valence-corrected chi connectivity index (χ0v) is 12.3. The smallest absolute Gasteiger partial charge is 0.254 e. The van der Waals surface area contributed by atoms with Gasteiger partial charge in [0.25, 0.3) is 5.91 Å². The maximum absolute atomic E-state index is 12.3. The van der Waals surface area contributed by atoms with Crippen LogP contribution in [0.4, 0.5) is 5.82 Å². The summed E-state index contributed by atoms with van der Waals surface area (Å²) >= 11 is 1.80. The van der Waals surface area contributed by atoms with Crippen LogP contribution in [0.3, 0.4) is 0 Å². The van der Waals surface area contributed by atoms with Crippen LogP contribution in [0.2, 0.25) is 0 Å². The molecule has 1 aromatic heterocycles. The zero-order chi connectivity index (χ0) is 13.5. The van der Waals surface area contributed by atoms with Crippen molar-refractivity contribution in [3.63, 3.8) is 0 Å². The number of nitrogens with zero attached hydrogens (tertiary/aromatic N) is 2. The zero-order valence-electron chi connectivity index (χ0n) is 11.4. The van der Waals surface area contributed by atoms with Crippen molar-refractivity contribution in [1.82, 2.24) is 9.88 Å². The third-order valence-corrected chi connectivity index (χ3v) is 3.63. The summed E-state index contributed by atoms with van der Waals surface area (Å²) in [5.74, 6) is 1.82. The van der Waals surface area contributed by atoms with Crippen molar-refractivity contribution < 1.29 is 4.79 Å². The molecule has 100 valence electrons. The van der Waals surface area contributed by atoms with Crippen LogP contribution in [-0.2, 0) is 0 Å². The molecule has 1 unspecified atom stereocenters. The maximum Gasteiger partial charge on any atom is 0.254 e. The minimum atomic E-state index is 0.0440. The molecule has 0 saturated carbocycles.